The summed E-state index contributed by atoms with van der Waals surface area (Å²) in [5.41, 5.74) is 2.31. The molecule has 1 saturated carbocycles. The summed E-state index contributed by atoms with van der Waals surface area (Å²) < 4.78 is 5.14. The van der Waals surface area contributed by atoms with Gasteiger partial charge in [0, 0.05) is 11.8 Å². The van der Waals surface area contributed by atoms with Crippen molar-refractivity contribution in [1.82, 2.24) is 5.32 Å². The van der Waals surface area contributed by atoms with Crippen molar-refractivity contribution in [1.29, 1.82) is 0 Å². The predicted molar refractivity (Wildman–Crippen MR) is 105 cm³/mol. The molecule has 4 nitrogen and oxygen atoms in total. The Morgan fingerprint density at radius 1 is 0.926 bits per heavy atom. The lowest BCUT2D eigenvalue weighted by Crippen LogP contribution is -2.46. The number of amides is 1. The Morgan fingerprint density at radius 3 is 1.81 bits per heavy atom. The van der Waals surface area contributed by atoms with Gasteiger partial charge >= 0.3 is 5.97 Å². The standard InChI is InChI=1S/C23H27NO3/c1-4-27-23(26)21(15(2)3)24-22(25)20-18(16-11-7-5-8-12-16)19(20)17-13-9-6-10-14-17/h5-15,18-21H,4H2,1-3H3,(H,24,25)/t18-,19+,20?,21-/m0/s1. The molecule has 1 aliphatic rings. The molecule has 142 valence electrons. The lowest BCUT2D eigenvalue weighted by atomic mass is 10.0. The number of benzene rings is 2. The normalized spacial score (nSPS) is 22.1. The molecule has 0 radical (unpaired) electrons. The van der Waals surface area contributed by atoms with Gasteiger partial charge in [-0.1, -0.05) is 74.5 Å². The number of rotatable bonds is 7. The summed E-state index contributed by atoms with van der Waals surface area (Å²) in [6.07, 6.45) is 0. The molecule has 1 N–H and O–H groups in total. The Kier molecular flexibility index (Phi) is 5.94. The average molecular weight is 365 g/mol. The highest BCUT2D eigenvalue weighted by Crippen LogP contribution is 2.60. The van der Waals surface area contributed by atoms with Gasteiger partial charge in [-0.15, -0.1) is 0 Å². The lowest BCUT2D eigenvalue weighted by molar-refractivity contribution is -0.148. The zero-order valence-corrected chi connectivity index (χ0v) is 16.1. The number of hydrogen-bond donors (Lipinski definition) is 1. The average Bonchev–Trinajstić information content (AvgIpc) is 3.43. The molecule has 0 aromatic heterocycles. The maximum atomic E-state index is 13.1. The van der Waals surface area contributed by atoms with Gasteiger partial charge in [0.2, 0.25) is 5.91 Å². The largest absolute Gasteiger partial charge is 0.464 e. The van der Waals surface area contributed by atoms with Crippen LogP contribution in [0.4, 0.5) is 0 Å². The van der Waals surface area contributed by atoms with E-state index >= 15 is 0 Å². The number of carbonyl (C=O) groups excluding carboxylic acids is 2. The van der Waals surface area contributed by atoms with Crippen molar-refractivity contribution < 1.29 is 14.3 Å². The summed E-state index contributed by atoms with van der Waals surface area (Å²) in [7, 11) is 0. The molecule has 1 fully saturated rings. The van der Waals surface area contributed by atoms with Crippen LogP contribution in [-0.2, 0) is 14.3 Å². The molecular weight excluding hydrogens is 338 g/mol. The van der Waals surface area contributed by atoms with Gasteiger partial charge in [0.05, 0.1) is 12.5 Å². The minimum Gasteiger partial charge on any atom is -0.464 e. The van der Waals surface area contributed by atoms with Crippen LogP contribution >= 0.6 is 0 Å². The van der Waals surface area contributed by atoms with Crippen LogP contribution in [0, 0.1) is 11.8 Å². The van der Waals surface area contributed by atoms with E-state index in [1.807, 2.05) is 50.2 Å². The van der Waals surface area contributed by atoms with E-state index in [2.05, 4.69) is 29.6 Å². The third-order valence-electron chi connectivity index (χ3n) is 5.20. The molecule has 27 heavy (non-hydrogen) atoms. The first-order valence-corrected chi connectivity index (χ1v) is 9.61. The molecule has 4 heteroatoms. The zero-order valence-electron chi connectivity index (χ0n) is 16.1. The number of nitrogens with one attached hydrogen (secondary N) is 1. The predicted octanol–water partition coefficient (Wildman–Crippen LogP) is 3.89. The minimum atomic E-state index is -0.620. The van der Waals surface area contributed by atoms with Crippen LogP contribution in [0.5, 0.6) is 0 Å². The highest BCUT2D eigenvalue weighted by Gasteiger charge is 2.56. The maximum Gasteiger partial charge on any atom is 0.328 e. The summed E-state index contributed by atoms with van der Waals surface area (Å²) in [6, 6.07) is 19.6. The highest BCUT2D eigenvalue weighted by atomic mass is 16.5. The van der Waals surface area contributed by atoms with Crippen LogP contribution in [0.2, 0.25) is 0 Å². The number of carbonyl (C=O) groups is 2. The van der Waals surface area contributed by atoms with E-state index in [4.69, 9.17) is 4.74 Å². The van der Waals surface area contributed by atoms with Crippen molar-refractivity contribution in [2.75, 3.05) is 6.61 Å². The maximum absolute atomic E-state index is 13.1. The van der Waals surface area contributed by atoms with Crippen molar-refractivity contribution in [2.24, 2.45) is 11.8 Å². The molecule has 0 aliphatic heterocycles. The number of ether oxygens (including phenoxy) is 1. The van der Waals surface area contributed by atoms with Crippen molar-refractivity contribution in [3.63, 3.8) is 0 Å². The first kappa shape index (κ1) is 19.2. The second-order valence-electron chi connectivity index (χ2n) is 7.38. The highest BCUT2D eigenvalue weighted by molar-refractivity contribution is 5.89. The summed E-state index contributed by atoms with van der Waals surface area (Å²) in [5, 5.41) is 2.95. The Morgan fingerprint density at radius 2 is 1.41 bits per heavy atom. The molecule has 2 aromatic rings. The third kappa shape index (κ3) is 4.21. The second-order valence-corrected chi connectivity index (χ2v) is 7.38. The van der Waals surface area contributed by atoms with Gasteiger partial charge in [0.1, 0.15) is 6.04 Å². The van der Waals surface area contributed by atoms with Crippen LogP contribution < -0.4 is 5.32 Å². The Labute approximate surface area is 160 Å². The van der Waals surface area contributed by atoms with E-state index in [9.17, 15) is 9.59 Å². The van der Waals surface area contributed by atoms with Gasteiger partial charge in [-0.25, -0.2) is 4.79 Å². The molecule has 2 aromatic carbocycles. The zero-order chi connectivity index (χ0) is 19.4. The fraction of sp³-hybridized carbons (Fsp3) is 0.391. The van der Waals surface area contributed by atoms with E-state index in [-0.39, 0.29) is 35.5 Å². The number of esters is 1. The summed E-state index contributed by atoms with van der Waals surface area (Å²) >= 11 is 0. The second kappa shape index (κ2) is 8.38. The van der Waals surface area contributed by atoms with Crippen LogP contribution in [0.15, 0.2) is 60.7 Å². The van der Waals surface area contributed by atoms with E-state index < -0.39 is 6.04 Å². The molecular formula is C23H27NO3. The molecule has 1 amide bonds. The molecule has 0 bridgehead atoms. The van der Waals surface area contributed by atoms with E-state index in [0.717, 1.165) is 11.1 Å². The van der Waals surface area contributed by atoms with Gasteiger partial charge < -0.3 is 10.1 Å². The molecule has 1 unspecified atom stereocenters. The molecule has 0 saturated heterocycles. The topological polar surface area (TPSA) is 55.4 Å². The first-order valence-electron chi connectivity index (χ1n) is 9.61. The molecule has 4 atom stereocenters. The van der Waals surface area contributed by atoms with Gasteiger partial charge in [-0.3, -0.25) is 4.79 Å². The van der Waals surface area contributed by atoms with Crippen LogP contribution in [0.25, 0.3) is 0 Å². The molecule has 0 spiro atoms. The van der Waals surface area contributed by atoms with Crippen molar-refractivity contribution in [3.05, 3.63) is 71.8 Å². The van der Waals surface area contributed by atoms with Gasteiger partial charge in [-0.05, 0) is 24.0 Å². The van der Waals surface area contributed by atoms with Gasteiger partial charge in [0.25, 0.3) is 0 Å². The summed E-state index contributed by atoms with van der Waals surface area (Å²) in [5.74, 6) is -0.395. The summed E-state index contributed by atoms with van der Waals surface area (Å²) in [4.78, 5) is 25.3. The summed E-state index contributed by atoms with van der Waals surface area (Å²) in [6.45, 7) is 5.91. The van der Waals surface area contributed by atoms with Crippen LogP contribution in [0.3, 0.4) is 0 Å². The SMILES string of the molecule is CCOC(=O)[C@@H](NC(=O)C1[C@@H](c2ccccc2)[C@H]1c1ccccc1)C(C)C. The van der Waals surface area contributed by atoms with E-state index in [1.54, 1.807) is 6.92 Å². The fourth-order valence-electron chi connectivity index (χ4n) is 3.80. The van der Waals surface area contributed by atoms with E-state index in [0.29, 0.717) is 6.61 Å². The minimum absolute atomic E-state index is 0.0305. The van der Waals surface area contributed by atoms with Gasteiger partial charge in [-0.2, -0.15) is 0 Å². The number of hydrogen-bond acceptors (Lipinski definition) is 3. The van der Waals surface area contributed by atoms with E-state index in [1.165, 1.54) is 0 Å². The quantitative estimate of drug-likeness (QED) is 0.758. The van der Waals surface area contributed by atoms with Crippen molar-refractivity contribution in [3.8, 4) is 0 Å². The van der Waals surface area contributed by atoms with Crippen molar-refractivity contribution in [2.45, 2.75) is 38.6 Å². The smallest absolute Gasteiger partial charge is 0.328 e. The lowest BCUT2D eigenvalue weighted by Gasteiger charge is -2.20. The van der Waals surface area contributed by atoms with Crippen LogP contribution in [0.1, 0.15) is 43.7 Å². The van der Waals surface area contributed by atoms with Crippen LogP contribution in [-0.4, -0.2) is 24.5 Å². The van der Waals surface area contributed by atoms with Gasteiger partial charge in [0.15, 0.2) is 0 Å². The Bertz CT molecular complexity index is 727. The van der Waals surface area contributed by atoms with Crippen molar-refractivity contribution >= 4 is 11.9 Å². The molecule has 1 aliphatic carbocycles. The Hall–Kier alpha value is -2.62. The molecule has 3 rings (SSSR count). The Balaban J connectivity index is 1.82. The monoisotopic (exact) mass is 365 g/mol. The molecule has 0 heterocycles. The first-order chi connectivity index (χ1) is 13.0. The third-order valence-corrected chi connectivity index (χ3v) is 5.20. The fourth-order valence-corrected chi connectivity index (χ4v) is 3.80.